The summed E-state index contributed by atoms with van der Waals surface area (Å²) in [5, 5.41) is 0. The molecule has 0 fully saturated rings. The summed E-state index contributed by atoms with van der Waals surface area (Å²) in [7, 11) is 0. The Kier molecular flexibility index (Phi) is 5.01. The lowest BCUT2D eigenvalue weighted by Gasteiger charge is -2.26. The molecule has 1 atom stereocenters. The van der Waals surface area contributed by atoms with E-state index in [4.69, 9.17) is 27.4 Å². The second kappa shape index (κ2) is 6.76. The molecular weight excluding hydrogens is 288 g/mol. The van der Waals surface area contributed by atoms with E-state index in [2.05, 4.69) is 0 Å². The number of nitrogens with zero attached hydrogens (tertiary/aromatic N) is 1. The van der Waals surface area contributed by atoms with Gasteiger partial charge in [-0.2, -0.15) is 0 Å². The summed E-state index contributed by atoms with van der Waals surface area (Å²) in [5.41, 5.74) is 6.16. The number of carbonyl (C=O) groups is 1. The highest BCUT2D eigenvalue weighted by Crippen LogP contribution is 2.34. The SMILES string of the molecule is CCN(CC(C)C(N)=S)C(=O)c1cccc2c1OCCO2. The highest BCUT2D eigenvalue weighted by molar-refractivity contribution is 7.80. The molecule has 1 heterocycles. The van der Waals surface area contributed by atoms with Gasteiger partial charge in [-0.25, -0.2) is 0 Å². The lowest BCUT2D eigenvalue weighted by Crippen LogP contribution is -2.38. The zero-order valence-electron chi connectivity index (χ0n) is 12.3. The Bertz CT molecular complexity index is 548. The molecule has 0 aliphatic carbocycles. The average molecular weight is 308 g/mol. The van der Waals surface area contributed by atoms with Crippen LogP contribution in [0.4, 0.5) is 0 Å². The van der Waals surface area contributed by atoms with Gasteiger partial charge in [-0.1, -0.05) is 25.2 Å². The van der Waals surface area contributed by atoms with Crippen LogP contribution in [0.25, 0.3) is 0 Å². The normalized spacial score (nSPS) is 14.4. The molecule has 21 heavy (non-hydrogen) atoms. The van der Waals surface area contributed by atoms with E-state index in [1.54, 1.807) is 23.1 Å². The molecule has 0 spiro atoms. The number of thiocarbonyl (C=S) groups is 1. The Labute approximate surface area is 130 Å². The Morgan fingerprint density at radius 3 is 2.81 bits per heavy atom. The molecule has 1 aliphatic rings. The molecular formula is C15H20N2O3S. The van der Waals surface area contributed by atoms with Crippen LogP contribution in [-0.4, -0.2) is 42.1 Å². The molecule has 0 saturated heterocycles. The molecule has 0 radical (unpaired) electrons. The summed E-state index contributed by atoms with van der Waals surface area (Å²) >= 11 is 4.98. The van der Waals surface area contributed by atoms with Crippen LogP contribution in [0.1, 0.15) is 24.2 Å². The Morgan fingerprint density at radius 1 is 1.43 bits per heavy atom. The fourth-order valence-corrected chi connectivity index (χ4v) is 2.26. The summed E-state index contributed by atoms with van der Waals surface area (Å²) in [6.07, 6.45) is 0. The van der Waals surface area contributed by atoms with Crippen LogP contribution >= 0.6 is 12.2 Å². The third-order valence-corrected chi connectivity index (χ3v) is 3.85. The fraction of sp³-hybridized carbons (Fsp3) is 0.467. The number of ether oxygens (including phenoxy) is 2. The van der Waals surface area contributed by atoms with Gasteiger partial charge in [0.1, 0.15) is 13.2 Å². The molecule has 6 heteroatoms. The van der Waals surface area contributed by atoms with Crippen LogP contribution in [0.2, 0.25) is 0 Å². The summed E-state index contributed by atoms with van der Waals surface area (Å²) < 4.78 is 11.1. The standard InChI is InChI=1S/C15H20N2O3S/c1-3-17(9-10(2)14(16)21)15(18)11-5-4-6-12-13(11)20-8-7-19-12/h4-6,10H,3,7-9H2,1-2H3,(H2,16,21). The zero-order chi connectivity index (χ0) is 15.4. The summed E-state index contributed by atoms with van der Waals surface area (Å²) in [6.45, 7) is 5.87. The number of fused-ring (bicyclic) bond motifs is 1. The molecule has 5 nitrogen and oxygen atoms in total. The van der Waals surface area contributed by atoms with Crippen LogP contribution in [0.5, 0.6) is 11.5 Å². The molecule has 2 rings (SSSR count). The number of benzene rings is 1. The number of rotatable bonds is 5. The first-order chi connectivity index (χ1) is 10.0. The first kappa shape index (κ1) is 15.6. The molecule has 114 valence electrons. The topological polar surface area (TPSA) is 64.8 Å². The maximum atomic E-state index is 12.7. The van der Waals surface area contributed by atoms with Crippen LogP contribution in [0.3, 0.4) is 0 Å². The molecule has 1 unspecified atom stereocenters. The number of carbonyl (C=O) groups excluding carboxylic acids is 1. The average Bonchev–Trinajstić information content (AvgIpc) is 2.51. The maximum Gasteiger partial charge on any atom is 0.257 e. The number of hydrogen-bond acceptors (Lipinski definition) is 4. The molecule has 0 aromatic heterocycles. The van der Waals surface area contributed by atoms with Crippen molar-refractivity contribution in [3.63, 3.8) is 0 Å². The van der Waals surface area contributed by atoms with E-state index in [9.17, 15) is 4.79 Å². The van der Waals surface area contributed by atoms with Crippen molar-refractivity contribution < 1.29 is 14.3 Å². The largest absolute Gasteiger partial charge is 0.486 e. The first-order valence-corrected chi connectivity index (χ1v) is 7.42. The van der Waals surface area contributed by atoms with Crippen molar-refractivity contribution in [1.82, 2.24) is 4.90 Å². The van der Waals surface area contributed by atoms with E-state index in [0.717, 1.165) is 0 Å². The quantitative estimate of drug-likeness (QED) is 0.841. The van der Waals surface area contributed by atoms with Crippen molar-refractivity contribution in [1.29, 1.82) is 0 Å². The van der Waals surface area contributed by atoms with E-state index < -0.39 is 0 Å². The van der Waals surface area contributed by atoms with E-state index in [0.29, 0.717) is 48.4 Å². The second-order valence-corrected chi connectivity index (χ2v) is 5.45. The number of nitrogens with two attached hydrogens (primary N) is 1. The summed E-state index contributed by atoms with van der Waals surface area (Å²) in [4.78, 5) is 14.8. The number of hydrogen-bond donors (Lipinski definition) is 1. The fourth-order valence-electron chi connectivity index (χ4n) is 2.19. The monoisotopic (exact) mass is 308 g/mol. The van der Waals surface area contributed by atoms with Crippen molar-refractivity contribution in [3.05, 3.63) is 23.8 Å². The molecule has 0 saturated carbocycles. The number of para-hydroxylation sites is 1. The van der Waals surface area contributed by atoms with Crippen molar-refractivity contribution in [2.45, 2.75) is 13.8 Å². The molecule has 1 aliphatic heterocycles. The van der Waals surface area contributed by atoms with Crippen LogP contribution in [-0.2, 0) is 0 Å². The maximum absolute atomic E-state index is 12.7. The van der Waals surface area contributed by atoms with E-state index in [1.807, 2.05) is 13.8 Å². The molecule has 0 bridgehead atoms. The Hall–Kier alpha value is -1.82. The minimum absolute atomic E-state index is 0.0272. The van der Waals surface area contributed by atoms with Gasteiger partial charge >= 0.3 is 0 Å². The van der Waals surface area contributed by atoms with Gasteiger partial charge in [0.2, 0.25) is 0 Å². The highest BCUT2D eigenvalue weighted by atomic mass is 32.1. The van der Waals surface area contributed by atoms with Gasteiger partial charge in [-0.15, -0.1) is 0 Å². The summed E-state index contributed by atoms with van der Waals surface area (Å²) in [5.74, 6) is 1.02. The van der Waals surface area contributed by atoms with Gasteiger partial charge in [0.25, 0.3) is 5.91 Å². The van der Waals surface area contributed by atoms with Gasteiger partial charge in [0.05, 0.1) is 10.6 Å². The summed E-state index contributed by atoms with van der Waals surface area (Å²) in [6, 6.07) is 5.36. The molecule has 1 amide bonds. The van der Waals surface area contributed by atoms with Gasteiger partial charge in [-0.05, 0) is 19.1 Å². The van der Waals surface area contributed by atoms with E-state index in [-0.39, 0.29) is 11.8 Å². The van der Waals surface area contributed by atoms with Crippen LogP contribution in [0, 0.1) is 5.92 Å². The highest BCUT2D eigenvalue weighted by Gasteiger charge is 2.24. The van der Waals surface area contributed by atoms with Gasteiger partial charge < -0.3 is 20.1 Å². The van der Waals surface area contributed by atoms with Gasteiger partial charge in [-0.3, -0.25) is 4.79 Å². The smallest absolute Gasteiger partial charge is 0.257 e. The van der Waals surface area contributed by atoms with Crippen molar-refractivity contribution >= 4 is 23.1 Å². The third kappa shape index (κ3) is 3.44. The van der Waals surface area contributed by atoms with Crippen LogP contribution in [0.15, 0.2) is 18.2 Å². The van der Waals surface area contributed by atoms with Gasteiger partial charge in [0, 0.05) is 19.0 Å². The zero-order valence-corrected chi connectivity index (χ0v) is 13.1. The molecule has 2 N–H and O–H groups in total. The van der Waals surface area contributed by atoms with Crippen molar-refractivity contribution in [2.24, 2.45) is 11.7 Å². The lowest BCUT2D eigenvalue weighted by atomic mass is 10.1. The van der Waals surface area contributed by atoms with E-state index >= 15 is 0 Å². The number of amides is 1. The predicted molar refractivity (Wildman–Crippen MR) is 85.0 cm³/mol. The third-order valence-electron chi connectivity index (χ3n) is 3.45. The molecule has 1 aromatic carbocycles. The Morgan fingerprint density at radius 2 is 2.14 bits per heavy atom. The second-order valence-electron chi connectivity index (χ2n) is 4.98. The van der Waals surface area contributed by atoms with E-state index in [1.165, 1.54) is 0 Å². The minimum atomic E-state index is -0.0945. The first-order valence-electron chi connectivity index (χ1n) is 7.01. The lowest BCUT2D eigenvalue weighted by molar-refractivity contribution is 0.0744. The van der Waals surface area contributed by atoms with Crippen molar-refractivity contribution in [3.8, 4) is 11.5 Å². The van der Waals surface area contributed by atoms with Crippen LogP contribution < -0.4 is 15.2 Å². The predicted octanol–water partition coefficient (Wildman–Crippen LogP) is 1.84. The minimum Gasteiger partial charge on any atom is -0.486 e. The van der Waals surface area contributed by atoms with Gasteiger partial charge in [0.15, 0.2) is 11.5 Å². The Balaban J connectivity index is 2.24. The van der Waals surface area contributed by atoms with Crippen molar-refractivity contribution in [2.75, 3.05) is 26.3 Å². The molecule has 1 aromatic rings.